The van der Waals surface area contributed by atoms with E-state index < -0.39 is 0 Å². The molecule has 5 nitrogen and oxygen atoms in total. The van der Waals surface area contributed by atoms with Crippen molar-refractivity contribution in [2.75, 3.05) is 6.54 Å². The van der Waals surface area contributed by atoms with Gasteiger partial charge in [0.15, 0.2) is 0 Å². The van der Waals surface area contributed by atoms with Crippen molar-refractivity contribution in [3.8, 4) is 0 Å². The highest BCUT2D eigenvalue weighted by atomic mass is 35.5. The van der Waals surface area contributed by atoms with Crippen molar-refractivity contribution < 1.29 is 4.79 Å². The lowest BCUT2D eigenvalue weighted by atomic mass is 10.1. The van der Waals surface area contributed by atoms with Gasteiger partial charge in [0.05, 0.1) is 22.8 Å². The first-order valence-corrected chi connectivity index (χ1v) is 6.37. The van der Waals surface area contributed by atoms with Gasteiger partial charge in [-0.1, -0.05) is 23.7 Å². The third-order valence-corrected chi connectivity index (χ3v) is 3.67. The number of benzene rings is 1. The molecule has 0 bridgehead atoms. The third kappa shape index (κ3) is 2.06. The number of fused-ring (bicyclic) bond motifs is 1. The fourth-order valence-corrected chi connectivity index (χ4v) is 2.53. The van der Waals surface area contributed by atoms with Gasteiger partial charge in [-0.2, -0.15) is 0 Å². The predicted molar refractivity (Wildman–Crippen MR) is 71.3 cm³/mol. The van der Waals surface area contributed by atoms with Crippen molar-refractivity contribution in [2.24, 2.45) is 0 Å². The Bertz CT molecular complexity index is 689. The molecule has 2 heterocycles. The number of carbonyl (C=O) groups is 1. The molecule has 1 aliphatic heterocycles. The normalized spacial score (nSPS) is 14.3. The Hall–Kier alpha value is -2.01. The number of amides is 1. The second kappa shape index (κ2) is 4.59. The summed E-state index contributed by atoms with van der Waals surface area (Å²) < 4.78 is 0. The first-order chi connectivity index (χ1) is 9.16. The Balaban J connectivity index is 1.88. The number of nitrogens with zero attached hydrogens (tertiary/aromatic N) is 1. The third-order valence-electron chi connectivity index (χ3n) is 3.34. The topological polar surface area (TPSA) is 69.0 Å². The first kappa shape index (κ1) is 12.0. The summed E-state index contributed by atoms with van der Waals surface area (Å²) in [5.41, 5.74) is 1.91. The number of aromatic nitrogens is 2. The minimum atomic E-state index is -0.113. The van der Waals surface area contributed by atoms with Crippen molar-refractivity contribution in [1.29, 1.82) is 0 Å². The molecule has 1 aliphatic rings. The summed E-state index contributed by atoms with van der Waals surface area (Å²) >= 11 is 6.03. The summed E-state index contributed by atoms with van der Waals surface area (Å²) in [5.74, 6) is -0.113. The SMILES string of the molecule is O=C(c1ccccc1Cl)N1CCc2c([nH][nH]c2=O)C1. The Labute approximate surface area is 114 Å². The molecule has 1 aromatic heterocycles. The van der Waals surface area contributed by atoms with Crippen LogP contribution in [0.25, 0.3) is 0 Å². The molecule has 0 saturated carbocycles. The molecular weight excluding hydrogens is 266 g/mol. The summed E-state index contributed by atoms with van der Waals surface area (Å²) in [6.45, 7) is 0.927. The van der Waals surface area contributed by atoms with Gasteiger partial charge in [-0.15, -0.1) is 0 Å². The van der Waals surface area contributed by atoms with Crippen molar-refractivity contribution in [1.82, 2.24) is 15.1 Å². The molecule has 2 aromatic rings. The van der Waals surface area contributed by atoms with Crippen LogP contribution in [0.4, 0.5) is 0 Å². The van der Waals surface area contributed by atoms with E-state index in [4.69, 9.17) is 11.6 Å². The van der Waals surface area contributed by atoms with Crippen LogP contribution >= 0.6 is 11.6 Å². The van der Waals surface area contributed by atoms with E-state index in [1.165, 1.54) is 0 Å². The Morgan fingerprint density at radius 1 is 1.26 bits per heavy atom. The van der Waals surface area contributed by atoms with Gasteiger partial charge in [0.2, 0.25) is 0 Å². The molecule has 0 fully saturated rings. The van der Waals surface area contributed by atoms with Crippen LogP contribution in [0.5, 0.6) is 0 Å². The van der Waals surface area contributed by atoms with Gasteiger partial charge < -0.3 is 10.00 Å². The van der Waals surface area contributed by atoms with Crippen LogP contribution in [-0.4, -0.2) is 27.5 Å². The summed E-state index contributed by atoms with van der Waals surface area (Å²) in [5, 5.41) is 5.80. The van der Waals surface area contributed by atoms with Crippen molar-refractivity contribution in [2.45, 2.75) is 13.0 Å². The standard InChI is InChI=1S/C13H12ClN3O2/c14-10-4-2-1-3-8(10)13(19)17-6-5-9-11(7-17)15-16-12(9)18/h1-4H,5-7H2,(H2,15,16,18). The van der Waals surface area contributed by atoms with Crippen LogP contribution in [0.3, 0.4) is 0 Å². The van der Waals surface area contributed by atoms with E-state index in [9.17, 15) is 9.59 Å². The van der Waals surface area contributed by atoms with Crippen molar-refractivity contribution >= 4 is 17.5 Å². The maximum atomic E-state index is 12.4. The molecule has 98 valence electrons. The highest BCUT2D eigenvalue weighted by molar-refractivity contribution is 6.33. The molecule has 0 atom stereocenters. The molecule has 2 N–H and O–H groups in total. The lowest BCUT2D eigenvalue weighted by Gasteiger charge is -2.26. The lowest BCUT2D eigenvalue weighted by Crippen LogP contribution is -2.37. The van der Waals surface area contributed by atoms with Crippen LogP contribution in [0.15, 0.2) is 29.1 Å². The zero-order valence-electron chi connectivity index (χ0n) is 10.1. The van der Waals surface area contributed by atoms with E-state index in [0.717, 1.165) is 11.3 Å². The Morgan fingerprint density at radius 2 is 2.05 bits per heavy atom. The molecular formula is C13H12ClN3O2. The minimum Gasteiger partial charge on any atom is -0.332 e. The van der Waals surface area contributed by atoms with Gasteiger partial charge in [0, 0.05) is 12.1 Å². The predicted octanol–water partition coefficient (Wildman–Crippen LogP) is 1.55. The molecule has 1 aromatic carbocycles. The average molecular weight is 278 g/mol. The van der Waals surface area contributed by atoms with Crippen LogP contribution in [0.1, 0.15) is 21.6 Å². The number of nitrogens with one attached hydrogen (secondary N) is 2. The second-order valence-electron chi connectivity index (χ2n) is 4.49. The van der Waals surface area contributed by atoms with Gasteiger partial charge in [-0.25, -0.2) is 0 Å². The van der Waals surface area contributed by atoms with Gasteiger partial charge in [0.25, 0.3) is 11.5 Å². The zero-order chi connectivity index (χ0) is 13.4. The number of hydrogen-bond acceptors (Lipinski definition) is 2. The summed E-state index contributed by atoms with van der Waals surface area (Å²) in [7, 11) is 0. The van der Waals surface area contributed by atoms with E-state index in [-0.39, 0.29) is 11.5 Å². The highest BCUT2D eigenvalue weighted by Crippen LogP contribution is 2.20. The van der Waals surface area contributed by atoms with E-state index in [1.54, 1.807) is 29.2 Å². The largest absolute Gasteiger partial charge is 0.332 e. The number of halogens is 1. The van der Waals surface area contributed by atoms with Crippen LogP contribution in [0, 0.1) is 0 Å². The molecule has 3 rings (SSSR count). The van der Waals surface area contributed by atoms with E-state index in [0.29, 0.717) is 30.1 Å². The molecule has 0 spiro atoms. The number of hydrogen-bond donors (Lipinski definition) is 2. The quantitative estimate of drug-likeness (QED) is 0.830. The Kier molecular flexibility index (Phi) is 2.91. The summed E-state index contributed by atoms with van der Waals surface area (Å²) in [6, 6.07) is 6.98. The molecule has 1 amide bonds. The smallest absolute Gasteiger partial charge is 0.267 e. The fourth-order valence-electron chi connectivity index (χ4n) is 2.31. The average Bonchev–Trinajstić information content (AvgIpc) is 2.80. The van der Waals surface area contributed by atoms with E-state index in [2.05, 4.69) is 10.2 Å². The second-order valence-corrected chi connectivity index (χ2v) is 4.90. The van der Waals surface area contributed by atoms with E-state index >= 15 is 0 Å². The number of rotatable bonds is 1. The van der Waals surface area contributed by atoms with Crippen LogP contribution < -0.4 is 5.56 Å². The molecule has 0 unspecified atom stereocenters. The lowest BCUT2D eigenvalue weighted by molar-refractivity contribution is 0.0732. The maximum Gasteiger partial charge on any atom is 0.267 e. The maximum absolute atomic E-state index is 12.4. The van der Waals surface area contributed by atoms with Gasteiger partial charge in [0.1, 0.15) is 0 Å². The minimum absolute atomic E-state index is 0.0974. The van der Waals surface area contributed by atoms with E-state index in [1.807, 2.05) is 0 Å². The summed E-state index contributed by atoms with van der Waals surface area (Å²) in [4.78, 5) is 25.5. The first-order valence-electron chi connectivity index (χ1n) is 5.99. The summed E-state index contributed by atoms with van der Waals surface area (Å²) in [6.07, 6.45) is 0.560. The van der Waals surface area contributed by atoms with Gasteiger partial charge in [-0.05, 0) is 18.6 Å². The molecule has 0 saturated heterocycles. The van der Waals surface area contributed by atoms with Gasteiger partial charge in [-0.3, -0.25) is 14.7 Å². The molecule has 6 heteroatoms. The number of carbonyl (C=O) groups excluding carboxylic acids is 1. The van der Waals surface area contributed by atoms with Crippen LogP contribution in [0.2, 0.25) is 5.02 Å². The molecule has 0 radical (unpaired) electrons. The molecule has 0 aliphatic carbocycles. The highest BCUT2D eigenvalue weighted by Gasteiger charge is 2.25. The zero-order valence-corrected chi connectivity index (χ0v) is 10.8. The number of aromatic amines is 2. The van der Waals surface area contributed by atoms with Crippen molar-refractivity contribution in [3.63, 3.8) is 0 Å². The van der Waals surface area contributed by atoms with Crippen molar-refractivity contribution in [3.05, 3.63) is 56.5 Å². The van der Waals surface area contributed by atoms with Gasteiger partial charge >= 0.3 is 0 Å². The van der Waals surface area contributed by atoms with Crippen LogP contribution in [-0.2, 0) is 13.0 Å². The fraction of sp³-hybridized carbons (Fsp3) is 0.231. The number of H-pyrrole nitrogens is 2. The Morgan fingerprint density at radius 3 is 2.84 bits per heavy atom. The molecule has 19 heavy (non-hydrogen) atoms. The monoisotopic (exact) mass is 277 g/mol.